The number of benzene rings is 1. The summed E-state index contributed by atoms with van der Waals surface area (Å²) in [7, 11) is 0. The summed E-state index contributed by atoms with van der Waals surface area (Å²) in [5, 5.41) is 17.8. The van der Waals surface area contributed by atoms with E-state index < -0.39 is 5.97 Å². The van der Waals surface area contributed by atoms with E-state index in [9.17, 15) is 4.79 Å². The van der Waals surface area contributed by atoms with Crippen LogP contribution in [-0.2, 0) is 11.2 Å². The quantitative estimate of drug-likeness (QED) is 0.778. The molecule has 0 unspecified atom stereocenters. The fourth-order valence-electron chi connectivity index (χ4n) is 2.27. The molecular formula is C16H13ClN4O2. The summed E-state index contributed by atoms with van der Waals surface area (Å²) in [5.41, 5.74) is 1.54. The van der Waals surface area contributed by atoms with Gasteiger partial charge in [-0.05, 0) is 24.3 Å². The maximum atomic E-state index is 10.9. The molecule has 7 heteroatoms. The molecule has 0 radical (unpaired) electrons. The van der Waals surface area contributed by atoms with Gasteiger partial charge in [-0.15, -0.1) is 10.2 Å². The van der Waals surface area contributed by atoms with Crippen molar-refractivity contribution in [1.29, 1.82) is 0 Å². The highest BCUT2D eigenvalue weighted by atomic mass is 35.5. The van der Waals surface area contributed by atoms with Crippen LogP contribution >= 0.6 is 11.6 Å². The Morgan fingerprint density at radius 2 is 1.87 bits per heavy atom. The zero-order valence-corrected chi connectivity index (χ0v) is 12.8. The molecule has 0 atom stereocenters. The molecule has 0 saturated carbocycles. The smallest absolute Gasteiger partial charge is 0.303 e. The Balaban J connectivity index is 2.14. The van der Waals surface area contributed by atoms with E-state index in [2.05, 4.69) is 15.2 Å². The minimum Gasteiger partial charge on any atom is -0.481 e. The number of hydrogen-bond acceptors (Lipinski definition) is 4. The summed E-state index contributed by atoms with van der Waals surface area (Å²) in [6.45, 7) is 0. The Kier molecular flexibility index (Phi) is 4.34. The minimum atomic E-state index is -0.885. The van der Waals surface area contributed by atoms with Crippen LogP contribution in [0.15, 0.2) is 48.8 Å². The number of halogens is 1. The van der Waals surface area contributed by atoms with Crippen LogP contribution in [0.4, 0.5) is 0 Å². The number of hydrogen-bond donors (Lipinski definition) is 1. The van der Waals surface area contributed by atoms with Gasteiger partial charge in [-0.3, -0.25) is 14.3 Å². The topological polar surface area (TPSA) is 80.9 Å². The van der Waals surface area contributed by atoms with Crippen molar-refractivity contribution in [1.82, 2.24) is 19.7 Å². The molecule has 0 amide bonds. The lowest BCUT2D eigenvalue weighted by molar-refractivity contribution is -0.137. The summed E-state index contributed by atoms with van der Waals surface area (Å²) in [5.74, 6) is 0.261. The van der Waals surface area contributed by atoms with Crippen LogP contribution in [0.25, 0.3) is 17.1 Å². The van der Waals surface area contributed by atoms with Crippen molar-refractivity contribution in [2.75, 3.05) is 0 Å². The lowest BCUT2D eigenvalue weighted by Crippen LogP contribution is -2.06. The number of nitrogens with zero attached hydrogens (tertiary/aromatic N) is 4. The van der Waals surface area contributed by atoms with Gasteiger partial charge in [0.05, 0.1) is 17.1 Å². The predicted octanol–water partition coefficient (Wildman–Crippen LogP) is 3.00. The zero-order valence-electron chi connectivity index (χ0n) is 12.1. The van der Waals surface area contributed by atoms with Gasteiger partial charge in [0.1, 0.15) is 5.82 Å². The van der Waals surface area contributed by atoms with E-state index in [4.69, 9.17) is 16.7 Å². The highest BCUT2D eigenvalue weighted by Gasteiger charge is 2.17. The Labute approximate surface area is 137 Å². The lowest BCUT2D eigenvalue weighted by atomic mass is 10.2. The molecule has 2 heterocycles. The van der Waals surface area contributed by atoms with Crippen molar-refractivity contribution in [2.24, 2.45) is 0 Å². The molecule has 116 valence electrons. The molecule has 3 rings (SSSR count). The maximum absolute atomic E-state index is 10.9. The third kappa shape index (κ3) is 3.22. The molecule has 1 aromatic carbocycles. The SMILES string of the molecule is O=C(O)CCc1nnc(-c2ccncc2)n1-c1ccccc1Cl. The molecule has 2 aromatic heterocycles. The Morgan fingerprint density at radius 1 is 1.13 bits per heavy atom. The van der Waals surface area contributed by atoms with E-state index in [0.29, 0.717) is 22.4 Å². The van der Waals surface area contributed by atoms with Crippen LogP contribution in [0.5, 0.6) is 0 Å². The highest BCUT2D eigenvalue weighted by molar-refractivity contribution is 6.32. The van der Waals surface area contributed by atoms with Crippen molar-refractivity contribution < 1.29 is 9.90 Å². The lowest BCUT2D eigenvalue weighted by Gasteiger charge is -2.11. The number of carbonyl (C=O) groups is 1. The van der Waals surface area contributed by atoms with Crippen LogP contribution in [-0.4, -0.2) is 30.8 Å². The molecule has 23 heavy (non-hydrogen) atoms. The van der Waals surface area contributed by atoms with E-state index in [-0.39, 0.29) is 12.8 Å². The van der Waals surface area contributed by atoms with Gasteiger partial charge in [-0.25, -0.2) is 0 Å². The second-order valence-electron chi connectivity index (χ2n) is 4.86. The Hall–Kier alpha value is -2.73. The van der Waals surface area contributed by atoms with E-state index in [0.717, 1.165) is 5.56 Å². The number of aromatic nitrogens is 4. The van der Waals surface area contributed by atoms with Gasteiger partial charge in [0.2, 0.25) is 0 Å². The number of pyridine rings is 1. The van der Waals surface area contributed by atoms with Crippen molar-refractivity contribution >= 4 is 17.6 Å². The van der Waals surface area contributed by atoms with Crippen LogP contribution < -0.4 is 0 Å². The zero-order chi connectivity index (χ0) is 16.2. The molecule has 3 aromatic rings. The fraction of sp³-hybridized carbons (Fsp3) is 0.125. The number of carboxylic acids is 1. The van der Waals surface area contributed by atoms with Crippen LogP contribution in [0, 0.1) is 0 Å². The van der Waals surface area contributed by atoms with Crippen molar-refractivity contribution in [3.63, 3.8) is 0 Å². The van der Waals surface area contributed by atoms with Gasteiger partial charge < -0.3 is 5.11 Å². The first-order chi connectivity index (χ1) is 11.2. The van der Waals surface area contributed by atoms with E-state index in [1.165, 1.54) is 0 Å². The van der Waals surface area contributed by atoms with Crippen molar-refractivity contribution in [2.45, 2.75) is 12.8 Å². The monoisotopic (exact) mass is 328 g/mol. The highest BCUT2D eigenvalue weighted by Crippen LogP contribution is 2.27. The molecule has 0 aliphatic heterocycles. The predicted molar refractivity (Wildman–Crippen MR) is 85.6 cm³/mol. The summed E-state index contributed by atoms with van der Waals surface area (Å²) in [4.78, 5) is 14.9. The summed E-state index contributed by atoms with van der Waals surface area (Å²) < 4.78 is 1.79. The van der Waals surface area contributed by atoms with Gasteiger partial charge in [0.15, 0.2) is 5.82 Å². The molecule has 0 fully saturated rings. The van der Waals surface area contributed by atoms with Crippen LogP contribution in [0.2, 0.25) is 5.02 Å². The van der Waals surface area contributed by atoms with Crippen molar-refractivity contribution in [3.8, 4) is 17.1 Å². The molecule has 0 aliphatic carbocycles. The second-order valence-corrected chi connectivity index (χ2v) is 5.26. The van der Waals surface area contributed by atoms with E-state index in [1.807, 2.05) is 30.3 Å². The molecule has 0 saturated heterocycles. The normalized spacial score (nSPS) is 10.7. The first-order valence-electron chi connectivity index (χ1n) is 6.98. The maximum Gasteiger partial charge on any atom is 0.303 e. The standard InChI is InChI=1S/C16H13ClN4O2/c17-12-3-1-2-4-13(12)21-14(5-6-15(22)23)19-20-16(21)11-7-9-18-10-8-11/h1-4,7-10H,5-6H2,(H,22,23). The minimum absolute atomic E-state index is 0.0288. The summed E-state index contributed by atoms with van der Waals surface area (Å²) >= 11 is 6.30. The Morgan fingerprint density at radius 3 is 2.57 bits per heavy atom. The van der Waals surface area contributed by atoms with Gasteiger partial charge in [0, 0.05) is 24.4 Å². The largest absolute Gasteiger partial charge is 0.481 e. The third-order valence-electron chi connectivity index (χ3n) is 3.32. The first-order valence-corrected chi connectivity index (χ1v) is 7.36. The van der Waals surface area contributed by atoms with Crippen LogP contribution in [0.3, 0.4) is 0 Å². The van der Waals surface area contributed by atoms with E-state index >= 15 is 0 Å². The summed E-state index contributed by atoms with van der Waals surface area (Å²) in [6, 6.07) is 10.9. The molecule has 1 N–H and O–H groups in total. The molecule has 0 spiro atoms. The Bertz CT molecular complexity index is 833. The van der Waals surface area contributed by atoms with Gasteiger partial charge >= 0.3 is 5.97 Å². The van der Waals surface area contributed by atoms with Crippen LogP contribution in [0.1, 0.15) is 12.2 Å². The molecular weight excluding hydrogens is 316 g/mol. The van der Waals surface area contributed by atoms with Gasteiger partial charge in [0.25, 0.3) is 0 Å². The molecule has 0 aliphatic rings. The first kappa shape index (κ1) is 15.2. The third-order valence-corrected chi connectivity index (χ3v) is 3.64. The van der Waals surface area contributed by atoms with E-state index in [1.54, 1.807) is 23.0 Å². The summed E-state index contributed by atoms with van der Waals surface area (Å²) in [6.07, 6.45) is 3.56. The fourth-order valence-corrected chi connectivity index (χ4v) is 2.49. The average molecular weight is 329 g/mol. The average Bonchev–Trinajstić information content (AvgIpc) is 2.98. The van der Waals surface area contributed by atoms with Crippen molar-refractivity contribution in [3.05, 3.63) is 59.6 Å². The second kappa shape index (κ2) is 6.58. The molecule has 0 bridgehead atoms. The van der Waals surface area contributed by atoms with Gasteiger partial charge in [-0.2, -0.15) is 0 Å². The number of para-hydroxylation sites is 1. The number of aryl methyl sites for hydroxylation is 1. The number of carboxylic acid groups (broad SMARTS) is 1. The van der Waals surface area contributed by atoms with Gasteiger partial charge in [-0.1, -0.05) is 23.7 Å². The number of aliphatic carboxylic acids is 1. The molecule has 6 nitrogen and oxygen atoms in total. The number of rotatable bonds is 5.